The van der Waals surface area contributed by atoms with Crippen LogP contribution < -0.4 is 0 Å². The molecule has 1 heterocycles. The third kappa shape index (κ3) is 2.17. The molecule has 0 spiro atoms. The summed E-state index contributed by atoms with van der Waals surface area (Å²) in [6.07, 6.45) is 0.0134. The van der Waals surface area contributed by atoms with Gasteiger partial charge in [-0.25, -0.2) is 8.42 Å². The molecule has 1 fully saturated rings. The summed E-state index contributed by atoms with van der Waals surface area (Å²) in [6, 6.07) is -1.12. The molecule has 1 aliphatic rings. The summed E-state index contributed by atoms with van der Waals surface area (Å²) >= 11 is 0. The second-order valence-electron chi connectivity index (χ2n) is 3.08. The molecular formula is C6H11NO5S. The van der Waals surface area contributed by atoms with Crippen LogP contribution in [0.4, 0.5) is 0 Å². The largest absolute Gasteiger partial charge is 0.480 e. The van der Waals surface area contributed by atoms with Gasteiger partial charge in [-0.05, 0) is 0 Å². The molecule has 0 bridgehead atoms. The van der Waals surface area contributed by atoms with E-state index in [0.717, 1.165) is 10.6 Å². The molecule has 0 aromatic carbocycles. The average molecular weight is 209 g/mol. The van der Waals surface area contributed by atoms with E-state index in [1.54, 1.807) is 0 Å². The third-order valence-corrected chi connectivity index (χ3v) is 3.20. The van der Waals surface area contributed by atoms with Crippen LogP contribution in [0.5, 0.6) is 0 Å². The van der Waals surface area contributed by atoms with E-state index in [1.165, 1.54) is 0 Å². The lowest BCUT2D eigenvalue weighted by atomic mass is 10.2. The molecule has 2 N–H and O–H groups in total. The molecule has 0 aromatic rings. The number of rotatable bonds is 2. The summed E-state index contributed by atoms with van der Waals surface area (Å²) in [7, 11) is -3.54. The molecule has 1 saturated heterocycles. The first kappa shape index (κ1) is 10.4. The number of carboxylic acid groups (broad SMARTS) is 1. The van der Waals surface area contributed by atoms with Crippen LogP contribution in [0, 0.1) is 0 Å². The Bertz CT molecular complexity index is 311. The van der Waals surface area contributed by atoms with Gasteiger partial charge in [-0.3, -0.25) is 4.79 Å². The van der Waals surface area contributed by atoms with Gasteiger partial charge in [-0.15, -0.1) is 0 Å². The predicted molar refractivity (Wildman–Crippen MR) is 43.6 cm³/mol. The number of hydrogen-bond acceptors (Lipinski definition) is 4. The SMILES string of the molecule is CS(=O)(=O)N1CC(O)C[C@H]1C(=O)O. The van der Waals surface area contributed by atoms with E-state index in [9.17, 15) is 13.2 Å². The normalized spacial score (nSPS) is 30.6. The number of carbonyl (C=O) groups is 1. The van der Waals surface area contributed by atoms with Crippen molar-refractivity contribution in [3.05, 3.63) is 0 Å². The van der Waals surface area contributed by atoms with Crippen LogP contribution in [0.2, 0.25) is 0 Å². The minimum absolute atomic E-state index is 0.0393. The molecule has 0 aliphatic carbocycles. The number of nitrogens with zero attached hydrogens (tertiary/aromatic N) is 1. The van der Waals surface area contributed by atoms with Crippen LogP contribution in [0.1, 0.15) is 6.42 Å². The Balaban J connectivity index is 2.91. The predicted octanol–water partition coefficient (Wildman–Crippen LogP) is -1.53. The summed E-state index contributed by atoms with van der Waals surface area (Å²) in [6.45, 7) is -0.129. The van der Waals surface area contributed by atoms with Crippen LogP contribution in [0.25, 0.3) is 0 Å². The lowest BCUT2D eigenvalue weighted by Crippen LogP contribution is -2.39. The maximum Gasteiger partial charge on any atom is 0.322 e. The Morgan fingerprint density at radius 2 is 2.08 bits per heavy atom. The highest BCUT2D eigenvalue weighted by molar-refractivity contribution is 7.88. The maximum atomic E-state index is 11.0. The van der Waals surface area contributed by atoms with Gasteiger partial charge in [-0.2, -0.15) is 4.31 Å². The topological polar surface area (TPSA) is 94.9 Å². The third-order valence-electron chi connectivity index (χ3n) is 1.94. The van der Waals surface area contributed by atoms with Crippen molar-refractivity contribution in [3.63, 3.8) is 0 Å². The van der Waals surface area contributed by atoms with Crippen LogP contribution >= 0.6 is 0 Å². The van der Waals surface area contributed by atoms with Crippen molar-refractivity contribution >= 4 is 16.0 Å². The van der Waals surface area contributed by atoms with Gasteiger partial charge in [0.1, 0.15) is 6.04 Å². The minimum atomic E-state index is -3.54. The fourth-order valence-electron chi connectivity index (χ4n) is 1.38. The first-order valence-electron chi connectivity index (χ1n) is 3.70. The highest BCUT2D eigenvalue weighted by Crippen LogP contribution is 2.20. The average Bonchev–Trinajstić information content (AvgIpc) is 2.29. The van der Waals surface area contributed by atoms with Gasteiger partial charge in [0.05, 0.1) is 12.4 Å². The van der Waals surface area contributed by atoms with Crippen LogP contribution in [0.3, 0.4) is 0 Å². The minimum Gasteiger partial charge on any atom is -0.480 e. The number of aliphatic hydroxyl groups is 1. The first-order chi connectivity index (χ1) is 5.82. The summed E-state index contributed by atoms with van der Waals surface area (Å²) in [5, 5.41) is 17.8. The van der Waals surface area contributed by atoms with Crippen LogP contribution in [-0.4, -0.2) is 53.9 Å². The van der Waals surface area contributed by atoms with Crippen LogP contribution in [-0.2, 0) is 14.8 Å². The Kier molecular flexibility index (Phi) is 2.60. The number of aliphatic hydroxyl groups excluding tert-OH is 1. The molecule has 7 heteroatoms. The zero-order valence-corrected chi connectivity index (χ0v) is 7.86. The van der Waals surface area contributed by atoms with Gasteiger partial charge >= 0.3 is 5.97 Å². The van der Waals surface area contributed by atoms with Gasteiger partial charge in [0.2, 0.25) is 10.0 Å². The van der Waals surface area contributed by atoms with E-state index >= 15 is 0 Å². The molecule has 13 heavy (non-hydrogen) atoms. The molecule has 0 radical (unpaired) electrons. The van der Waals surface area contributed by atoms with Gasteiger partial charge in [0.25, 0.3) is 0 Å². The molecule has 1 aliphatic heterocycles. The van der Waals surface area contributed by atoms with Crippen molar-refractivity contribution in [2.24, 2.45) is 0 Å². The second kappa shape index (κ2) is 3.24. The lowest BCUT2D eigenvalue weighted by Gasteiger charge is -2.17. The quantitative estimate of drug-likeness (QED) is 0.575. The van der Waals surface area contributed by atoms with Gasteiger partial charge in [0.15, 0.2) is 0 Å². The molecule has 1 rings (SSSR count). The number of hydrogen-bond donors (Lipinski definition) is 2. The van der Waals surface area contributed by atoms with Crippen LogP contribution in [0.15, 0.2) is 0 Å². The van der Waals surface area contributed by atoms with Crippen molar-refractivity contribution in [1.82, 2.24) is 4.31 Å². The Hall–Kier alpha value is -0.660. The Morgan fingerprint density at radius 3 is 2.38 bits per heavy atom. The number of β-amino-alcohol motifs (C(OH)–C–C–N with tert-alkyl or cyclic N) is 1. The van der Waals surface area contributed by atoms with Gasteiger partial charge in [0, 0.05) is 13.0 Å². The van der Waals surface area contributed by atoms with E-state index < -0.39 is 28.1 Å². The smallest absolute Gasteiger partial charge is 0.322 e. The molecule has 76 valence electrons. The van der Waals surface area contributed by atoms with E-state index in [2.05, 4.69) is 0 Å². The molecule has 0 amide bonds. The Labute approximate surface area is 75.8 Å². The molecule has 0 saturated carbocycles. The molecule has 0 aromatic heterocycles. The first-order valence-corrected chi connectivity index (χ1v) is 5.55. The molecule has 1 unspecified atom stereocenters. The van der Waals surface area contributed by atoms with Crippen molar-refractivity contribution < 1.29 is 23.4 Å². The number of sulfonamides is 1. The highest BCUT2D eigenvalue weighted by atomic mass is 32.2. The Morgan fingerprint density at radius 1 is 1.54 bits per heavy atom. The fourth-order valence-corrected chi connectivity index (χ4v) is 2.46. The molecule has 2 atom stereocenters. The van der Waals surface area contributed by atoms with E-state index in [4.69, 9.17) is 10.2 Å². The molecular weight excluding hydrogens is 198 g/mol. The summed E-state index contributed by atoms with van der Waals surface area (Å²) in [5.41, 5.74) is 0. The van der Waals surface area contributed by atoms with E-state index in [0.29, 0.717) is 0 Å². The van der Waals surface area contributed by atoms with Crippen molar-refractivity contribution in [2.45, 2.75) is 18.6 Å². The van der Waals surface area contributed by atoms with E-state index in [1.807, 2.05) is 0 Å². The van der Waals surface area contributed by atoms with Crippen molar-refractivity contribution in [2.75, 3.05) is 12.8 Å². The lowest BCUT2D eigenvalue weighted by molar-refractivity contribution is -0.140. The summed E-state index contributed by atoms with van der Waals surface area (Å²) in [4.78, 5) is 10.6. The monoisotopic (exact) mass is 209 g/mol. The van der Waals surface area contributed by atoms with Gasteiger partial charge < -0.3 is 10.2 Å². The standard InChI is InChI=1S/C6H11NO5S/c1-13(11,12)7-3-4(8)2-5(7)6(9)10/h4-5,8H,2-3H2,1H3,(H,9,10)/t4?,5-/m0/s1. The van der Waals surface area contributed by atoms with Crippen molar-refractivity contribution in [1.29, 1.82) is 0 Å². The molecule has 6 nitrogen and oxygen atoms in total. The maximum absolute atomic E-state index is 11.0. The van der Waals surface area contributed by atoms with Gasteiger partial charge in [-0.1, -0.05) is 0 Å². The van der Waals surface area contributed by atoms with Crippen molar-refractivity contribution in [3.8, 4) is 0 Å². The summed E-state index contributed by atoms with van der Waals surface area (Å²) < 4.78 is 22.9. The number of aliphatic carboxylic acids is 1. The highest BCUT2D eigenvalue weighted by Gasteiger charge is 2.40. The zero-order chi connectivity index (χ0) is 10.2. The number of carboxylic acids is 1. The second-order valence-corrected chi connectivity index (χ2v) is 5.01. The fraction of sp³-hybridized carbons (Fsp3) is 0.833. The summed E-state index contributed by atoms with van der Waals surface area (Å²) in [5.74, 6) is -1.22. The zero-order valence-electron chi connectivity index (χ0n) is 7.04. The van der Waals surface area contributed by atoms with E-state index in [-0.39, 0.29) is 13.0 Å².